The van der Waals surface area contributed by atoms with Gasteiger partial charge in [0.25, 0.3) is 23.4 Å². The third kappa shape index (κ3) is 19.8. The Balaban J connectivity index is 0.000000157. The van der Waals surface area contributed by atoms with Crippen LogP contribution in [0.25, 0.3) is 44.2 Å². The number of halogens is 16. The molecule has 0 unspecified atom stereocenters. The number of fused-ring (bicyclic) bond motifs is 3. The van der Waals surface area contributed by atoms with Gasteiger partial charge in [-0.3, -0.25) is 29.5 Å². The summed E-state index contributed by atoms with van der Waals surface area (Å²) in [7, 11) is -0.853. The quantitative estimate of drug-likeness (QED) is 0.0358. The first-order chi connectivity index (χ1) is 57.7. The fraction of sp³-hybridized carbons (Fsp3) is 0.309. The molecular formula is C81H63BF15IN14O7S3. The number of nitrogens with two attached hydrogens (primary N) is 1. The van der Waals surface area contributed by atoms with Crippen LogP contribution in [0.4, 0.5) is 83.3 Å². The molecule has 8 aromatic rings. The van der Waals surface area contributed by atoms with Crippen molar-refractivity contribution in [3.8, 4) is 0 Å². The van der Waals surface area contributed by atoms with Crippen molar-refractivity contribution in [1.82, 2.24) is 35.2 Å². The lowest BCUT2D eigenvalue weighted by Crippen LogP contribution is -2.48. The van der Waals surface area contributed by atoms with E-state index in [-0.39, 0.29) is 107 Å². The van der Waals surface area contributed by atoms with Gasteiger partial charge >= 0.3 is 25.6 Å². The summed E-state index contributed by atoms with van der Waals surface area (Å²) in [6.45, 7) is 26.2. The molecule has 0 bridgehead atoms. The average molecular weight is 1860 g/mol. The van der Waals surface area contributed by atoms with Crippen molar-refractivity contribution in [2.24, 2.45) is 38.5 Å². The van der Waals surface area contributed by atoms with Crippen LogP contribution in [0.15, 0.2) is 172 Å². The van der Waals surface area contributed by atoms with Gasteiger partial charge in [-0.05, 0) is 121 Å². The Labute approximate surface area is 713 Å². The highest BCUT2D eigenvalue weighted by molar-refractivity contribution is 14.1. The monoisotopic (exact) mass is 1860 g/mol. The zero-order valence-electron chi connectivity index (χ0n) is 63.7. The Hall–Kier alpha value is -10.4. The molecule has 4 fully saturated rings. The van der Waals surface area contributed by atoms with Gasteiger partial charge in [0.2, 0.25) is 0 Å². The molecule has 7 aliphatic heterocycles. The van der Waals surface area contributed by atoms with Gasteiger partial charge < -0.3 is 49.1 Å². The number of Topliss-reactive ketones (excluding diaryl/α,β-unsaturated/α-hetero) is 1. The number of amidine groups is 2. The standard InChI is InChI=1S/C28H19F5N4O2S.C26H27BF4N2O4S.C20H14F5N5OS.C7H3FIN3/c1-34-24-13-35-22(12-36-24)21(30)10-16-7-8-20(29)18(9-16)27-15-39-26(28(31,32)33)19(27)14-40-25(37-27)11-23(38)17-5-3-2-4-6-17;1-23(2)24(3,4)37-27(36-23)16-10-11-19(28)17(12-16)25-14-35-20(26(29,30)31)18(25)13-38-22(33-25)32-21(34)15-8-6-5-7-9-15;1-27-16-7-28-15(6-29-16)14(22)5-10-2-3-13(21)11(4-10)19-9-31-17(20(23,24)25)12(19)8-32-18(26)30-19;1-10-7-4-11-6(3-12-7)5(8)2-9/h2-10,12-13,19,26H,11,14-15H2;5-12,18,20H,13-14H2,1-4H3,(H,32,33,34);2-7,12,17H,8-9H2,(H2,26,30);2-4H/b21-10-;;14-5-;5-2-/t19-,26+,27-;18-,20+,25-;12-,17+,19-;/m111./s1. The summed E-state index contributed by atoms with van der Waals surface area (Å²) in [6, 6.07) is 27.9. The molecule has 0 radical (unpaired) electrons. The lowest BCUT2D eigenvalue weighted by atomic mass is 9.73. The van der Waals surface area contributed by atoms with Gasteiger partial charge in [0, 0.05) is 66.9 Å². The van der Waals surface area contributed by atoms with Gasteiger partial charge in [-0.15, -0.1) is 26.7 Å². The van der Waals surface area contributed by atoms with Gasteiger partial charge in [-0.2, -0.15) is 39.5 Å². The number of carbonyl (C=O) groups is 2. The maximum Gasteiger partial charge on any atom is 0.494 e. The van der Waals surface area contributed by atoms with E-state index in [2.05, 4.69) is 64.7 Å². The van der Waals surface area contributed by atoms with E-state index < -0.39 is 150 Å². The van der Waals surface area contributed by atoms with E-state index in [0.29, 0.717) is 16.6 Å². The van der Waals surface area contributed by atoms with Crippen LogP contribution in [0.3, 0.4) is 0 Å². The number of amides is 1. The Bertz CT molecular complexity index is 5580. The van der Waals surface area contributed by atoms with Crippen molar-refractivity contribution >= 4 is 145 Å². The summed E-state index contributed by atoms with van der Waals surface area (Å²) in [5, 5.41) is 3.06. The third-order valence-corrected chi connectivity index (χ3v) is 24.3. The number of hydrogen-bond acceptors (Lipinski definition) is 20. The Morgan fingerprint density at radius 3 is 1.34 bits per heavy atom. The summed E-state index contributed by atoms with van der Waals surface area (Å²) in [5.41, 5.74) is 0.218. The number of benzene rings is 5. The predicted octanol–water partition coefficient (Wildman–Crippen LogP) is 18.5. The predicted molar refractivity (Wildman–Crippen MR) is 437 cm³/mol. The molecule has 122 heavy (non-hydrogen) atoms. The van der Waals surface area contributed by atoms with E-state index in [1.165, 1.54) is 58.9 Å². The molecule has 9 atom stereocenters. The van der Waals surface area contributed by atoms with E-state index >= 15 is 8.78 Å². The first-order valence-electron chi connectivity index (χ1n) is 36.2. The van der Waals surface area contributed by atoms with Gasteiger partial charge in [0.15, 0.2) is 51.9 Å². The molecule has 3 N–H and O–H groups in total. The second kappa shape index (κ2) is 36.9. The van der Waals surface area contributed by atoms with Crippen molar-refractivity contribution in [2.75, 3.05) is 37.1 Å². The normalized spacial score (nSPS) is 24.1. The smallest absolute Gasteiger partial charge is 0.399 e. The van der Waals surface area contributed by atoms with Crippen LogP contribution in [-0.4, -0.2) is 149 Å². The molecule has 0 saturated carbocycles. The van der Waals surface area contributed by atoms with E-state index in [9.17, 15) is 66.7 Å². The maximum atomic E-state index is 15.5. The highest BCUT2D eigenvalue weighted by Crippen LogP contribution is 2.56. The lowest BCUT2D eigenvalue weighted by Gasteiger charge is -2.37. The maximum absolute atomic E-state index is 15.5. The summed E-state index contributed by atoms with van der Waals surface area (Å²) in [5.74, 6) is -9.05. The van der Waals surface area contributed by atoms with E-state index in [4.69, 9.17) is 49.0 Å². The zero-order chi connectivity index (χ0) is 88.1. The van der Waals surface area contributed by atoms with Gasteiger partial charge in [-0.1, -0.05) is 116 Å². The number of aliphatic imine (C=N–C) groups is 3. The number of ether oxygens (including phenoxy) is 3. The molecule has 7 aliphatic rings. The molecule has 0 spiro atoms. The van der Waals surface area contributed by atoms with Crippen LogP contribution in [0.1, 0.15) is 99.7 Å². The molecule has 4 saturated heterocycles. The van der Waals surface area contributed by atoms with Crippen molar-refractivity contribution in [2.45, 2.75) is 98.8 Å². The van der Waals surface area contributed by atoms with Crippen molar-refractivity contribution in [3.05, 3.63) is 264 Å². The van der Waals surface area contributed by atoms with Gasteiger partial charge in [0.05, 0.1) is 61.1 Å². The van der Waals surface area contributed by atoms with Crippen LogP contribution < -0.4 is 16.5 Å². The minimum absolute atomic E-state index is 0.0122. The van der Waals surface area contributed by atoms with Crippen LogP contribution >= 0.6 is 57.9 Å². The van der Waals surface area contributed by atoms with Gasteiger partial charge in [-0.25, -0.2) is 36.3 Å². The molecule has 1 amide bonds. The number of alkyl halides is 9. The van der Waals surface area contributed by atoms with Gasteiger partial charge in [0.1, 0.15) is 69.7 Å². The second-order valence-electron chi connectivity index (χ2n) is 28.9. The van der Waals surface area contributed by atoms with E-state index in [1.807, 2.05) is 27.7 Å². The van der Waals surface area contributed by atoms with Crippen LogP contribution in [0.2, 0.25) is 0 Å². The molecule has 41 heteroatoms. The topological polar surface area (TPSA) is 246 Å². The summed E-state index contributed by atoms with van der Waals surface area (Å²) < 4.78 is 241. The van der Waals surface area contributed by atoms with Crippen molar-refractivity contribution in [3.63, 3.8) is 0 Å². The highest BCUT2D eigenvalue weighted by Gasteiger charge is 2.65. The fourth-order valence-electron chi connectivity index (χ4n) is 14.0. The number of aromatic nitrogens is 6. The SMILES string of the molecule is CC1(C)OB(c2ccc(F)c([C@]34CO[C@H](C(F)(F)F)[C@H]3CSC(NC(=O)c3ccccc3)=N4)c2)OC1(C)C.[C-]#[N+]c1cnc(/C(F)=C/I)cn1.[C-]#[N+]c1cnc(/C(F)=C/c2ccc(F)c([C@]34CO[C@H](C(F)(F)F)[C@H]3CSC(CC(=O)c3ccccc3)=N4)c2)cn1.[C-]#[N+]c1cnc(/C(F)=C/c2ccc(F)c([C@]34CO[C@H](C(F)(F)F)[C@H]3CSC(N)=N4)c2)cn1. The molecule has 0 aliphatic carbocycles. The van der Waals surface area contributed by atoms with Crippen LogP contribution in [0.5, 0.6) is 0 Å². The number of nitrogens with zero attached hydrogens (tertiary/aromatic N) is 12. The molecular weight excluding hydrogens is 1800 g/mol. The highest BCUT2D eigenvalue weighted by atomic mass is 127. The fourth-order valence-corrected chi connectivity index (χ4v) is 17.8. The number of hydrogen-bond donors (Lipinski definition) is 2. The Morgan fingerprint density at radius 2 is 0.918 bits per heavy atom. The molecule has 21 nitrogen and oxygen atoms in total. The Kier molecular flexibility index (Phi) is 27.5. The minimum atomic E-state index is -4.73. The summed E-state index contributed by atoms with van der Waals surface area (Å²) >= 11 is 4.71. The van der Waals surface area contributed by atoms with Crippen LogP contribution in [0, 0.1) is 54.9 Å². The summed E-state index contributed by atoms with van der Waals surface area (Å²) in [4.78, 5) is 70.6. The van der Waals surface area contributed by atoms with E-state index in [1.54, 1.807) is 83.3 Å². The first kappa shape index (κ1) is 90.8. The number of ketones is 1. The van der Waals surface area contributed by atoms with E-state index in [0.717, 1.165) is 84.4 Å². The zero-order valence-corrected chi connectivity index (χ0v) is 68.3. The molecule has 5 aromatic carbocycles. The number of rotatable bonds is 13. The number of carbonyl (C=O) groups excluding carboxylic acids is 2. The lowest BCUT2D eigenvalue weighted by molar-refractivity contribution is -0.215. The molecule has 632 valence electrons. The second-order valence-corrected chi connectivity index (χ2v) is 32.6. The molecule has 3 aromatic heterocycles. The minimum Gasteiger partial charge on any atom is -0.399 e. The summed E-state index contributed by atoms with van der Waals surface area (Å²) in [6.07, 6.45) is -11.8. The van der Waals surface area contributed by atoms with Crippen molar-refractivity contribution < 1.29 is 99.0 Å². The third-order valence-electron chi connectivity index (χ3n) is 20.8. The number of thioether (sulfide) groups is 3. The molecule has 10 heterocycles. The van der Waals surface area contributed by atoms with Crippen LogP contribution in [-0.2, 0) is 40.1 Å². The first-order valence-corrected chi connectivity index (χ1v) is 40.4. The largest absolute Gasteiger partial charge is 0.494 e. The average Bonchev–Trinajstić information content (AvgIpc) is 1.54. The number of nitrogens with one attached hydrogen (secondary N) is 1. The Morgan fingerprint density at radius 1 is 0.525 bits per heavy atom. The molecule has 15 rings (SSSR count). The van der Waals surface area contributed by atoms with Crippen molar-refractivity contribution in [1.29, 1.82) is 0 Å².